The maximum absolute atomic E-state index is 12.2. The summed E-state index contributed by atoms with van der Waals surface area (Å²) in [6, 6.07) is 8.93. The Bertz CT molecular complexity index is 716. The van der Waals surface area contributed by atoms with Crippen LogP contribution in [0.5, 0.6) is 0 Å². The first-order valence-corrected chi connectivity index (χ1v) is 8.13. The summed E-state index contributed by atoms with van der Waals surface area (Å²) >= 11 is 0. The van der Waals surface area contributed by atoms with Crippen molar-refractivity contribution in [2.75, 3.05) is 60.8 Å². The zero-order chi connectivity index (χ0) is 17.6. The van der Waals surface area contributed by atoms with Crippen molar-refractivity contribution in [3.05, 3.63) is 36.5 Å². The molecule has 1 aromatic carbocycles. The maximum Gasteiger partial charge on any atom is 0.323 e. The minimum Gasteiger partial charge on any atom is -0.378 e. The summed E-state index contributed by atoms with van der Waals surface area (Å²) in [6.45, 7) is 2.85. The van der Waals surface area contributed by atoms with Crippen LogP contribution in [0.1, 0.15) is 0 Å². The van der Waals surface area contributed by atoms with Crippen molar-refractivity contribution in [2.24, 2.45) is 0 Å². The highest BCUT2D eigenvalue weighted by molar-refractivity contribution is 6.01. The second-order valence-electron chi connectivity index (χ2n) is 5.85. The van der Waals surface area contributed by atoms with Crippen LogP contribution in [-0.4, -0.2) is 56.4 Å². The number of ether oxygens (including phenoxy) is 1. The van der Waals surface area contributed by atoms with Crippen molar-refractivity contribution in [3.8, 4) is 0 Å². The van der Waals surface area contributed by atoms with E-state index in [0.717, 1.165) is 18.8 Å². The molecule has 0 aliphatic carbocycles. The standard InChI is InChI=1S/C17H22N6O2/c1-22(2)15-14(20-17(24)19-13-6-4-3-5-7-13)12-18-16(21-15)23-8-10-25-11-9-23/h3-7,12H,8-11H2,1-2H3,(H2,19,20,24). The Morgan fingerprint density at radius 2 is 1.88 bits per heavy atom. The number of carbonyl (C=O) groups excluding carboxylic acids is 1. The molecule has 8 heteroatoms. The monoisotopic (exact) mass is 342 g/mol. The van der Waals surface area contributed by atoms with Gasteiger partial charge in [0.2, 0.25) is 5.95 Å². The number of hydrogen-bond donors (Lipinski definition) is 2. The fraction of sp³-hybridized carbons (Fsp3) is 0.353. The zero-order valence-electron chi connectivity index (χ0n) is 14.4. The van der Waals surface area contributed by atoms with E-state index in [1.165, 1.54) is 0 Å². The Labute approximate surface area is 146 Å². The van der Waals surface area contributed by atoms with Gasteiger partial charge in [0.1, 0.15) is 5.69 Å². The quantitative estimate of drug-likeness (QED) is 0.885. The topological polar surface area (TPSA) is 82.6 Å². The number of aromatic nitrogens is 2. The van der Waals surface area contributed by atoms with E-state index in [4.69, 9.17) is 4.74 Å². The Balaban J connectivity index is 1.74. The van der Waals surface area contributed by atoms with Gasteiger partial charge in [-0.25, -0.2) is 9.78 Å². The Morgan fingerprint density at radius 1 is 1.16 bits per heavy atom. The van der Waals surface area contributed by atoms with Crippen molar-refractivity contribution >= 4 is 29.2 Å². The third-order valence-electron chi connectivity index (χ3n) is 3.75. The largest absolute Gasteiger partial charge is 0.378 e. The van der Waals surface area contributed by atoms with Crippen LogP contribution in [0.3, 0.4) is 0 Å². The van der Waals surface area contributed by atoms with Gasteiger partial charge in [0, 0.05) is 32.9 Å². The smallest absolute Gasteiger partial charge is 0.323 e. The summed E-state index contributed by atoms with van der Waals surface area (Å²) in [7, 11) is 3.76. The van der Waals surface area contributed by atoms with E-state index in [9.17, 15) is 4.79 Å². The molecule has 25 heavy (non-hydrogen) atoms. The van der Waals surface area contributed by atoms with Crippen LogP contribution < -0.4 is 20.4 Å². The van der Waals surface area contributed by atoms with E-state index < -0.39 is 0 Å². The predicted molar refractivity (Wildman–Crippen MR) is 98.5 cm³/mol. The van der Waals surface area contributed by atoms with E-state index in [0.29, 0.717) is 30.7 Å². The van der Waals surface area contributed by atoms with Crippen molar-refractivity contribution in [3.63, 3.8) is 0 Å². The van der Waals surface area contributed by atoms with Gasteiger partial charge in [-0.05, 0) is 12.1 Å². The third kappa shape index (κ3) is 4.36. The Morgan fingerprint density at radius 3 is 2.56 bits per heavy atom. The first-order chi connectivity index (χ1) is 12.1. The van der Waals surface area contributed by atoms with Gasteiger partial charge >= 0.3 is 6.03 Å². The second-order valence-corrected chi connectivity index (χ2v) is 5.85. The van der Waals surface area contributed by atoms with E-state index in [-0.39, 0.29) is 6.03 Å². The van der Waals surface area contributed by atoms with Gasteiger partial charge in [-0.3, -0.25) is 0 Å². The van der Waals surface area contributed by atoms with Crippen LogP contribution in [-0.2, 0) is 4.74 Å². The highest BCUT2D eigenvalue weighted by atomic mass is 16.5. The molecule has 2 amide bonds. The fourth-order valence-corrected chi connectivity index (χ4v) is 2.51. The highest BCUT2D eigenvalue weighted by Gasteiger charge is 2.18. The molecule has 0 spiro atoms. The molecule has 1 aliphatic rings. The molecule has 2 N–H and O–H groups in total. The van der Waals surface area contributed by atoms with Crippen molar-refractivity contribution < 1.29 is 9.53 Å². The number of carbonyl (C=O) groups is 1. The molecule has 0 atom stereocenters. The lowest BCUT2D eigenvalue weighted by Crippen LogP contribution is -2.37. The molecule has 8 nitrogen and oxygen atoms in total. The van der Waals surface area contributed by atoms with E-state index in [2.05, 4.69) is 25.5 Å². The summed E-state index contributed by atoms with van der Waals surface area (Å²) in [6.07, 6.45) is 1.64. The number of nitrogens with one attached hydrogen (secondary N) is 2. The van der Waals surface area contributed by atoms with Gasteiger partial charge < -0.3 is 25.2 Å². The van der Waals surface area contributed by atoms with Gasteiger partial charge in [-0.15, -0.1) is 0 Å². The van der Waals surface area contributed by atoms with Crippen LogP contribution in [0.15, 0.2) is 36.5 Å². The SMILES string of the molecule is CN(C)c1nc(N2CCOCC2)ncc1NC(=O)Nc1ccccc1. The van der Waals surface area contributed by atoms with Gasteiger partial charge in [0.05, 0.1) is 19.4 Å². The van der Waals surface area contributed by atoms with Crippen LogP contribution in [0, 0.1) is 0 Å². The average molecular weight is 342 g/mol. The van der Waals surface area contributed by atoms with Crippen molar-refractivity contribution in [1.29, 1.82) is 0 Å². The predicted octanol–water partition coefficient (Wildman–Crippen LogP) is 2.02. The van der Waals surface area contributed by atoms with Gasteiger partial charge in [-0.2, -0.15) is 4.98 Å². The lowest BCUT2D eigenvalue weighted by atomic mass is 10.3. The lowest BCUT2D eigenvalue weighted by molar-refractivity contribution is 0.122. The summed E-state index contributed by atoms with van der Waals surface area (Å²) in [5.41, 5.74) is 1.27. The van der Waals surface area contributed by atoms with Crippen LogP contribution in [0.25, 0.3) is 0 Å². The van der Waals surface area contributed by atoms with Crippen LogP contribution in [0.4, 0.5) is 27.9 Å². The van der Waals surface area contributed by atoms with Crippen LogP contribution >= 0.6 is 0 Å². The fourth-order valence-electron chi connectivity index (χ4n) is 2.51. The van der Waals surface area contributed by atoms with Crippen molar-refractivity contribution in [1.82, 2.24) is 9.97 Å². The first-order valence-electron chi connectivity index (χ1n) is 8.13. The molecule has 0 saturated carbocycles. The molecule has 0 bridgehead atoms. The highest BCUT2D eigenvalue weighted by Crippen LogP contribution is 2.24. The Kier molecular flexibility index (Phi) is 5.30. The molecule has 0 radical (unpaired) electrons. The Hall–Kier alpha value is -2.87. The lowest BCUT2D eigenvalue weighted by Gasteiger charge is -2.28. The first kappa shape index (κ1) is 17.0. The van der Waals surface area contributed by atoms with E-state index >= 15 is 0 Å². The summed E-state index contributed by atoms with van der Waals surface area (Å²) in [5, 5.41) is 5.59. The molecule has 1 fully saturated rings. The average Bonchev–Trinajstić information content (AvgIpc) is 2.63. The minimum absolute atomic E-state index is 0.336. The number of amides is 2. The number of morpholine rings is 1. The number of urea groups is 1. The third-order valence-corrected chi connectivity index (χ3v) is 3.75. The normalized spacial score (nSPS) is 14.1. The molecule has 1 aliphatic heterocycles. The molecule has 3 rings (SSSR count). The van der Waals surface area contributed by atoms with Crippen LogP contribution in [0.2, 0.25) is 0 Å². The van der Waals surface area contributed by atoms with Crippen molar-refractivity contribution in [2.45, 2.75) is 0 Å². The van der Waals surface area contributed by atoms with Gasteiger partial charge in [0.25, 0.3) is 0 Å². The number of nitrogens with zero attached hydrogens (tertiary/aromatic N) is 4. The molecule has 2 heterocycles. The van der Waals surface area contributed by atoms with Gasteiger partial charge in [-0.1, -0.05) is 18.2 Å². The van der Waals surface area contributed by atoms with Gasteiger partial charge in [0.15, 0.2) is 5.82 Å². The molecule has 0 unspecified atom stereocenters. The number of benzene rings is 1. The molecule has 2 aromatic rings. The number of rotatable bonds is 4. The minimum atomic E-state index is -0.336. The number of para-hydroxylation sites is 1. The number of hydrogen-bond acceptors (Lipinski definition) is 6. The second kappa shape index (κ2) is 7.80. The molecule has 1 aromatic heterocycles. The zero-order valence-corrected chi connectivity index (χ0v) is 14.4. The van der Waals surface area contributed by atoms with E-state index in [1.54, 1.807) is 6.20 Å². The summed E-state index contributed by atoms with van der Waals surface area (Å²) < 4.78 is 5.36. The molecule has 1 saturated heterocycles. The number of anilines is 4. The molecular formula is C17H22N6O2. The maximum atomic E-state index is 12.2. The van der Waals surface area contributed by atoms with E-state index in [1.807, 2.05) is 49.3 Å². The summed E-state index contributed by atoms with van der Waals surface area (Å²) in [4.78, 5) is 25.1. The molecular weight excluding hydrogens is 320 g/mol. The summed E-state index contributed by atoms with van der Waals surface area (Å²) in [5.74, 6) is 1.29. The molecule has 132 valence electrons.